The largest absolute Gasteiger partial charge is 0.368 e. The molecule has 0 bridgehead atoms. The number of para-hydroxylation sites is 1. The predicted molar refractivity (Wildman–Crippen MR) is 84.9 cm³/mol. The number of benzene rings is 1. The Bertz CT molecular complexity index is 631. The monoisotopic (exact) mass is 319 g/mol. The summed E-state index contributed by atoms with van der Waals surface area (Å²) in [6.45, 7) is 1.93. The highest BCUT2D eigenvalue weighted by Crippen LogP contribution is 2.27. The van der Waals surface area contributed by atoms with Crippen LogP contribution in [0.4, 0.5) is 5.69 Å². The summed E-state index contributed by atoms with van der Waals surface area (Å²) in [5.41, 5.74) is 1.03. The van der Waals surface area contributed by atoms with Gasteiger partial charge in [0, 0.05) is 19.1 Å². The second kappa shape index (κ2) is 6.79. The Kier molecular flexibility index (Phi) is 4.58. The van der Waals surface area contributed by atoms with Crippen LogP contribution in [0.3, 0.4) is 0 Å². The lowest BCUT2D eigenvalue weighted by Gasteiger charge is -2.35. The van der Waals surface area contributed by atoms with E-state index in [9.17, 15) is 4.79 Å². The van der Waals surface area contributed by atoms with Gasteiger partial charge in [0.2, 0.25) is 5.91 Å². The molecule has 22 heavy (non-hydrogen) atoms. The van der Waals surface area contributed by atoms with Crippen molar-refractivity contribution in [2.75, 3.05) is 18.0 Å². The normalized spacial score (nSPS) is 18.2. The Balaban J connectivity index is 1.59. The molecule has 6 nitrogen and oxygen atoms in total. The second-order valence-corrected chi connectivity index (χ2v) is 5.80. The summed E-state index contributed by atoms with van der Waals surface area (Å²) >= 11 is 6.26. The van der Waals surface area contributed by atoms with Crippen molar-refractivity contribution in [2.45, 2.75) is 25.4 Å². The molecule has 1 N–H and O–H groups in total. The molecule has 2 aromatic rings. The van der Waals surface area contributed by atoms with Crippen LogP contribution in [0.2, 0.25) is 5.02 Å². The number of carbonyl (C=O) groups excluding carboxylic acids is 1. The van der Waals surface area contributed by atoms with Gasteiger partial charge in [-0.2, -0.15) is 5.10 Å². The first-order chi connectivity index (χ1) is 10.7. The van der Waals surface area contributed by atoms with Crippen LogP contribution in [-0.2, 0) is 11.3 Å². The first-order valence-electron chi connectivity index (χ1n) is 7.33. The number of hydrogen-bond acceptors (Lipinski definition) is 4. The Morgan fingerprint density at radius 2 is 2.27 bits per heavy atom. The Morgan fingerprint density at radius 3 is 3.05 bits per heavy atom. The van der Waals surface area contributed by atoms with E-state index < -0.39 is 0 Å². The third-order valence-electron chi connectivity index (χ3n) is 3.75. The van der Waals surface area contributed by atoms with E-state index in [4.69, 9.17) is 11.6 Å². The van der Waals surface area contributed by atoms with Crippen molar-refractivity contribution in [1.82, 2.24) is 20.1 Å². The molecule has 0 radical (unpaired) electrons. The summed E-state index contributed by atoms with van der Waals surface area (Å²) in [6, 6.07) is 7.94. The molecule has 1 saturated heterocycles. The summed E-state index contributed by atoms with van der Waals surface area (Å²) in [7, 11) is 0. The molecule has 7 heteroatoms. The molecule has 2 heterocycles. The van der Waals surface area contributed by atoms with Crippen molar-refractivity contribution in [2.24, 2.45) is 0 Å². The molecule has 116 valence electrons. The van der Waals surface area contributed by atoms with Crippen LogP contribution in [0, 0.1) is 0 Å². The van der Waals surface area contributed by atoms with Crippen molar-refractivity contribution in [3.05, 3.63) is 41.9 Å². The minimum Gasteiger partial charge on any atom is -0.368 e. The zero-order valence-corrected chi connectivity index (χ0v) is 12.9. The first-order valence-corrected chi connectivity index (χ1v) is 7.71. The second-order valence-electron chi connectivity index (χ2n) is 5.40. The van der Waals surface area contributed by atoms with Crippen LogP contribution in [0.25, 0.3) is 0 Å². The number of nitrogens with zero attached hydrogens (tertiary/aromatic N) is 4. The van der Waals surface area contributed by atoms with E-state index in [0.717, 1.165) is 36.6 Å². The molecule has 0 aliphatic carbocycles. The fourth-order valence-corrected chi connectivity index (χ4v) is 3.01. The molecule has 1 aliphatic heterocycles. The Hall–Kier alpha value is -2.08. The number of anilines is 1. The highest BCUT2D eigenvalue weighted by atomic mass is 35.5. The smallest absolute Gasteiger partial charge is 0.242 e. The summed E-state index contributed by atoms with van der Waals surface area (Å²) in [5.74, 6) is -0.0449. The average molecular weight is 320 g/mol. The van der Waals surface area contributed by atoms with Gasteiger partial charge in [-0.15, -0.1) is 0 Å². The summed E-state index contributed by atoms with van der Waals surface area (Å²) in [4.78, 5) is 18.1. The molecular weight excluding hydrogens is 302 g/mol. The first kappa shape index (κ1) is 14.8. The van der Waals surface area contributed by atoms with Gasteiger partial charge in [0.1, 0.15) is 19.2 Å². The number of aromatic nitrogens is 3. The molecule has 3 rings (SSSR count). The molecule has 0 unspecified atom stereocenters. The number of carbonyl (C=O) groups is 1. The number of hydrogen-bond donors (Lipinski definition) is 1. The molecule has 1 atom stereocenters. The number of halogens is 1. The van der Waals surface area contributed by atoms with Crippen molar-refractivity contribution in [3.63, 3.8) is 0 Å². The molecule has 0 spiro atoms. The van der Waals surface area contributed by atoms with Gasteiger partial charge in [0.05, 0.1) is 10.7 Å². The maximum Gasteiger partial charge on any atom is 0.242 e. The standard InChI is InChI=1S/C15H18ClN5O/c16-13-5-1-2-6-14(13)20-7-3-4-12(8-20)19-15(22)9-21-11-17-10-18-21/h1-2,5-6,10-12H,3-4,7-9H2,(H,19,22)/t12-/m1/s1. The van der Waals surface area contributed by atoms with Crippen molar-refractivity contribution >= 4 is 23.2 Å². The van der Waals surface area contributed by atoms with Gasteiger partial charge in [-0.05, 0) is 25.0 Å². The zero-order chi connectivity index (χ0) is 15.4. The van der Waals surface area contributed by atoms with E-state index in [1.165, 1.54) is 17.3 Å². The van der Waals surface area contributed by atoms with E-state index in [0.29, 0.717) is 0 Å². The fraction of sp³-hybridized carbons (Fsp3) is 0.400. The Morgan fingerprint density at radius 1 is 1.41 bits per heavy atom. The third-order valence-corrected chi connectivity index (χ3v) is 4.07. The number of nitrogens with one attached hydrogen (secondary N) is 1. The van der Waals surface area contributed by atoms with Crippen LogP contribution >= 0.6 is 11.6 Å². The molecule has 1 aromatic carbocycles. The summed E-state index contributed by atoms with van der Waals surface area (Å²) in [6.07, 6.45) is 4.97. The van der Waals surface area contributed by atoms with Gasteiger partial charge in [0.25, 0.3) is 0 Å². The number of piperidine rings is 1. The lowest BCUT2D eigenvalue weighted by atomic mass is 10.0. The maximum absolute atomic E-state index is 12.0. The highest BCUT2D eigenvalue weighted by Gasteiger charge is 2.22. The van der Waals surface area contributed by atoms with E-state index in [1.54, 1.807) is 0 Å². The van der Waals surface area contributed by atoms with E-state index in [1.807, 2.05) is 24.3 Å². The maximum atomic E-state index is 12.0. The van der Waals surface area contributed by atoms with Gasteiger partial charge < -0.3 is 10.2 Å². The van der Waals surface area contributed by atoms with E-state index in [2.05, 4.69) is 20.3 Å². The topological polar surface area (TPSA) is 63.1 Å². The van der Waals surface area contributed by atoms with Crippen LogP contribution in [0.5, 0.6) is 0 Å². The van der Waals surface area contributed by atoms with Gasteiger partial charge in [-0.1, -0.05) is 23.7 Å². The van der Waals surface area contributed by atoms with Gasteiger partial charge in [-0.3, -0.25) is 4.79 Å². The summed E-state index contributed by atoms with van der Waals surface area (Å²) in [5, 5.41) is 7.75. The molecule has 1 aliphatic rings. The van der Waals surface area contributed by atoms with E-state index in [-0.39, 0.29) is 18.5 Å². The minimum absolute atomic E-state index is 0.0449. The quantitative estimate of drug-likeness (QED) is 0.932. The lowest BCUT2D eigenvalue weighted by molar-refractivity contribution is -0.122. The molecule has 0 saturated carbocycles. The van der Waals surface area contributed by atoms with Gasteiger partial charge in [0.15, 0.2) is 0 Å². The van der Waals surface area contributed by atoms with Crippen molar-refractivity contribution < 1.29 is 4.79 Å². The number of rotatable bonds is 4. The molecule has 1 aromatic heterocycles. The molecule has 1 amide bonds. The van der Waals surface area contributed by atoms with Crippen LogP contribution in [0.1, 0.15) is 12.8 Å². The summed E-state index contributed by atoms with van der Waals surface area (Å²) < 4.78 is 1.52. The SMILES string of the molecule is O=C(Cn1cncn1)N[C@@H]1CCCN(c2ccccc2Cl)C1. The predicted octanol–water partition coefficient (Wildman–Crippen LogP) is 1.72. The number of amides is 1. The van der Waals surface area contributed by atoms with E-state index >= 15 is 0 Å². The van der Waals surface area contributed by atoms with Gasteiger partial charge >= 0.3 is 0 Å². The zero-order valence-electron chi connectivity index (χ0n) is 12.2. The molecule has 1 fully saturated rings. The highest BCUT2D eigenvalue weighted by molar-refractivity contribution is 6.33. The van der Waals surface area contributed by atoms with Gasteiger partial charge in [-0.25, -0.2) is 9.67 Å². The third kappa shape index (κ3) is 3.57. The van der Waals surface area contributed by atoms with Crippen LogP contribution in [0.15, 0.2) is 36.9 Å². The van der Waals surface area contributed by atoms with Crippen molar-refractivity contribution in [3.8, 4) is 0 Å². The average Bonchev–Trinajstić information content (AvgIpc) is 3.00. The minimum atomic E-state index is -0.0449. The van der Waals surface area contributed by atoms with Crippen LogP contribution < -0.4 is 10.2 Å². The van der Waals surface area contributed by atoms with Crippen LogP contribution in [-0.4, -0.2) is 39.8 Å². The lowest BCUT2D eigenvalue weighted by Crippen LogP contribution is -2.48. The van der Waals surface area contributed by atoms with Crippen molar-refractivity contribution in [1.29, 1.82) is 0 Å². The molecular formula is C15H18ClN5O. The fourth-order valence-electron chi connectivity index (χ4n) is 2.76. The Labute approximate surface area is 134 Å².